The number of rotatable bonds is 8. The molecule has 1 fully saturated rings. The minimum absolute atomic E-state index is 0.147. The van der Waals surface area contributed by atoms with Crippen molar-refractivity contribution < 1.29 is 14.3 Å². The molecule has 1 amide bonds. The number of ether oxygens (including phenoxy) is 2. The molecule has 1 heterocycles. The Kier molecular flexibility index (Phi) is 6.71. The normalized spacial score (nSPS) is 15.3. The highest BCUT2D eigenvalue weighted by atomic mass is 16.5. The van der Waals surface area contributed by atoms with Gasteiger partial charge >= 0.3 is 0 Å². The van der Waals surface area contributed by atoms with Gasteiger partial charge in [0, 0.05) is 13.1 Å². The summed E-state index contributed by atoms with van der Waals surface area (Å²) >= 11 is 0. The van der Waals surface area contributed by atoms with E-state index in [1.54, 1.807) is 20.1 Å². The fourth-order valence-electron chi connectivity index (χ4n) is 3.33. The first kappa shape index (κ1) is 19.2. The van der Waals surface area contributed by atoms with Crippen molar-refractivity contribution in [2.75, 3.05) is 20.2 Å². The summed E-state index contributed by atoms with van der Waals surface area (Å²) in [5, 5.41) is 2.96. The molecule has 1 saturated heterocycles. The van der Waals surface area contributed by atoms with Gasteiger partial charge in [-0.3, -0.25) is 9.69 Å². The molecule has 5 heteroatoms. The molecule has 0 aromatic heterocycles. The molecule has 0 radical (unpaired) electrons. The lowest BCUT2D eigenvalue weighted by molar-refractivity contribution is -0.127. The first-order valence-electron chi connectivity index (χ1n) is 9.53. The fraction of sp³-hybridized carbons (Fsp3) is 0.409. The molecule has 0 aliphatic carbocycles. The van der Waals surface area contributed by atoms with Crippen LogP contribution in [0.15, 0.2) is 48.5 Å². The van der Waals surface area contributed by atoms with Gasteiger partial charge in [-0.05, 0) is 56.1 Å². The van der Waals surface area contributed by atoms with Gasteiger partial charge in [-0.25, -0.2) is 0 Å². The highest BCUT2D eigenvalue weighted by Gasteiger charge is 2.16. The molecular weight excluding hydrogens is 340 g/mol. The maximum atomic E-state index is 12.4. The number of hydrogen-bond acceptors (Lipinski definition) is 4. The first-order valence-corrected chi connectivity index (χ1v) is 9.53. The summed E-state index contributed by atoms with van der Waals surface area (Å²) in [6.07, 6.45) is 1.98. The number of likely N-dealkylation sites (tertiary alicyclic amines) is 1. The third-order valence-electron chi connectivity index (χ3n) is 4.81. The van der Waals surface area contributed by atoms with Crippen LogP contribution in [0.5, 0.6) is 11.5 Å². The van der Waals surface area contributed by atoms with Crippen molar-refractivity contribution in [1.29, 1.82) is 0 Å². The monoisotopic (exact) mass is 368 g/mol. The predicted molar refractivity (Wildman–Crippen MR) is 106 cm³/mol. The maximum Gasteiger partial charge on any atom is 0.261 e. The summed E-state index contributed by atoms with van der Waals surface area (Å²) in [6.45, 7) is 5.57. The number of carbonyl (C=O) groups excluding carboxylic acids is 1. The predicted octanol–water partition coefficient (Wildman–Crippen LogP) is 3.37. The molecule has 2 aromatic carbocycles. The zero-order chi connectivity index (χ0) is 19.1. The molecular formula is C22H28N2O3. The number of nitrogens with one attached hydrogen (secondary N) is 1. The number of benzene rings is 2. The molecule has 1 N–H and O–H groups in total. The molecule has 27 heavy (non-hydrogen) atoms. The van der Waals surface area contributed by atoms with Crippen molar-refractivity contribution in [3.05, 3.63) is 59.7 Å². The fourth-order valence-corrected chi connectivity index (χ4v) is 3.33. The number of methoxy groups -OCH3 is 1. The van der Waals surface area contributed by atoms with E-state index in [0.717, 1.165) is 12.1 Å². The van der Waals surface area contributed by atoms with Crippen molar-refractivity contribution in [2.45, 2.75) is 39.0 Å². The quantitative estimate of drug-likeness (QED) is 0.776. The molecule has 5 nitrogen and oxygen atoms in total. The van der Waals surface area contributed by atoms with Gasteiger partial charge in [-0.15, -0.1) is 0 Å². The van der Waals surface area contributed by atoms with Gasteiger partial charge in [0.15, 0.2) is 17.6 Å². The average molecular weight is 368 g/mol. The smallest absolute Gasteiger partial charge is 0.261 e. The summed E-state index contributed by atoms with van der Waals surface area (Å²) in [5.74, 6) is 1.04. The van der Waals surface area contributed by atoms with Gasteiger partial charge in [-0.2, -0.15) is 0 Å². The highest BCUT2D eigenvalue weighted by Crippen LogP contribution is 2.26. The van der Waals surface area contributed by atoms with Gasteiger partial charge in [0.2, 0.25) is 0 Å². The van der Waals surface area contributed by atoms with Crippen molar-refractivity contribution in [2.24, 2.45) is 0 Å². The van der Waals surface area contributed by atoms with Crippen LogP contribution in [0, 0.1) is 0 Å². The van der Waals surface area contributed by atoms with E-state index < -0.39 is 6.10 Å². The van der Waals surface area contributed by atoms with Crippen molar-refractivity contribution in [3.8, 4) is 11.5 Å². The molecule has 0 saturated carbocycles. The van der Waals surface area contributed by atoms with Gasteiger partial charge in [-0.1, -0.05) is 36.4 Å². The molecule has 144 valence electrons. The van der Waals surface area contributed by atoms with Crippen molar-refractivity contribution >= 4 is 5.91 Å². The van der Waals surface area contributed by atoms with E-state index in [9.17, 15) is 4.79 Å². The number of carbonyl (C=O) groups is 1. The lowest BCUT2D eigenvalue weighted by Crippen LogP contribution is -2.36. The Morgan fingerprint density at radius 3 is 2.52 bits per heavy atom. The lowest BCUT2D eigenvalue weighted by Gasteiger charge is -2.17. The van der Waals surface area contributed by atoms with Crippen LogP contribution in [-0.4, -0.2) is 37.1 Å². The molecule has 1 aliphatic heterocycles. The largest absolute Gasteiger partial charge is 0.493 e. The Labute approximate surface area is 161 Å². The molecule has 1 atom stereocenters. The molecule has 0 spiro atoms. The standard InChI is InChI=1S/C22H28N2O3/c1-17(27-21-11-4-3-10-20(21)26-2)22(25)23-15-18-8-7-9-19(14-18)16-24-12-5-6-13-24/h3-4,7-11,14,17H,5-6,12-13,15-16H2,1-2H3,(H,23,25). The summed E-state index contributed by atoms with van der Waals surface area (Å²) < 4.78 is 11.0. The van der Waals surface area contributed by atoms with E-state index in [0.29, 0.717) is 18.0 Å². The highest BCUT2D eigenvalue weighted by molar-refractivity contribution is 5.80. The minimum atomic E-state index is -0.603. The zero-order valence-electron chi connectivity index (χ0n) is 16.1. The Balaban J connectivity index is 1.52. The summed E-state index contributed by atoms with van der Waals surface area (Å²) in [7, 11) is 1.59. The Bertz CT molecular complexity index is 757. The number of para-hydroxylation sites is 2. The van der Waals surface area contributed by atoms with E-state index >= 15 is 0 Å². The van der Waals surface area contributed by atoms with Gasteiger partial charge < -0.3 is 14.8 Å². The average Bonchev–Trinajstić information content (AvgIpc) is 3.19. The zero-order valence-corrected chi connectivity index (χ0v) is 16.1. The first-order chi connectivity index (χ1) is 13.2. The van der Waals surface area contributed by atoms with Crippen LogP contribution >= 0.6 is 0 Å². The molecule has 0 bridgehead atoms. The van der Waals surface area contributed by atoms with Crippen LogP contribution in [0.2, 0.25) is 0 Å². The Morgan fingerprint density at radius 1 is 1.07 bits per heavy atom. The van der Waals surface area contributed by atoms with Gasteiger partial charge in [0.25, 0.3) is 5.91 Å². The minimum Gasteiger partial charge on any atom is -0.493 e. The molecule has 1 unspecified atom stereocenters. The van der Waals surface area contributed by atoms with E-state index in [-0.39, 0.29) is 5.91 Å². The maximum absolute atomic E-state index is 12.4. The SMILES string of the molecule is COc1ccccc1OC(C)C(=O)NCc1cccc(CN2CCCC2)c1. The van der Waals surface area contributed by atoms with E-state index in [1.807, 2.05) is 24.3 Å². The molecule has 3 rings (SSSR count). The van der Waals surface area contributed by atoms with Crippen LogP contribution < -0.4 is 14.8 Å². The van der Waals surface area contributed by atoms with Crippen LogP contribution in [0.1, 0.15) is 30.9 Å². The van der Waals surface area contributed by atoms with E-state index in [1.165, 1.54) is 31.5 Å². The molecule has 2 aromatic rings. The second kappa shape index (κ2) is 9.42. The number of hydrogen-bond donors (Lipinski definition) is 1. The van der Waals surface area contributed by atoms with Crippen LogP contribution in [0.25, 0.3) is 0 Å². The second-order valence-corrected chi connectivity index (χ2v) is 6.93. The number of amides is 1. The molecule has 1 aliphatic rings. The third-order valence-corrected chi connectivity index (χ3v) is 4.81. The van der Waals surface area contributed by atoms with Crippen molar-refractivity contribution in [1.82, 2.24) is 10.2 Å². The van der Waals surface area contributed by atoms with Crippen molar-refractivity contribution in [3.63, 3.8) is 0 Å². The summed E-state index contributed by atoms with van der Waals surface area (Å²) in [4.78, 5) is 14.9. The van der Waals surface area contributed by atoms with Crippen LogP contribution in [-0.2, 0) is 17.9 Å². The topological polar surface area (TPSA) is 50.8 Å². The van der Waals surface area contributed by atoms with E-state index in [2.05, 4.69) is 28.4 Å². The Morgan fingerprint density at radius 2 is 1.78 bits per heavy atom. The van der Waals surface area contributed by atoms with E-state index in [4.69, 9.17) is 9.47 Å². The third kappa shape index (κ3) is 5.47. The van der Waals surface area contributed by atoms with Crippen LogP contribution in [0.3, 0.4) is 0 Å². The van der Waals surface area contributed by atoms with Gasteiger partial charge in [0.05, 0.1) is 7.11 Å². The summed E-state index contributed by atoms with van der Waals surface area (Å²) in [6, 6.07) is 15.7. The number of nitrogens with zero attached hydrogens (tertiary/aromatic N) is 1. The summed E-state index contributed by atoms with van der Waals surface area (Å²) in [5.41, 5.74) is 2.39. The van der Waals surface area contributed by atoms with Crippen LogP contribution in [0.4, 0.5) is 0 Å². The Hall–Kier alpha value is -2.53. The lowest BCUT2D eigenvalue weighted by atomic mass is 10.1. The van der Waals surface area contributed by atoms with Gasteiger partial charge in [0.1, 0.15) is 0 Å². The second-order valence-electron chi connectivity index (χ2n) is 6.93.